The number of hydrogen-bond donors (Lipinski definition) is 2. The van der Waals surface area contributed by atoms with E-state index in [1.807, 2.05) is 24.3 Å². The summed E-state index contributed by atoms with van der Waals surface area (Å²) in [6.07, 6.45) is 0.948. The Morgan fingerprint density at radius 1 is 1.36 bits per heavy atom. The number of benzene rings is 1. The summed E-state index contributed by atoms with van der Waals surface area (Å²) in [5.41, 5.74) is 2.97. The summed E-state index contributed by atoms with van der Waals surface area (Å²) in [6, 6.07) is 7.60. The van der Waals surface area contributed by atoms with Crippen LogP contribution in [-0.2, 0) is 16.0 Å². The van der Waals surface area contributed by atoms with Crippen LogP contribution < -0.4 is 0 Å². The average Bonchev–Trinajstić information content (AvgIpc) is 2.78. The first-order valence-electron chi connectivity index (χ1n) is 7.59. The molecule has 0 radical (unpaired) electrons. The lowest BCUT2D eigenvalue weighted by Gasteiger charge is -2.47. The standard InChI is InChI=1S/C17H17NO4/c1-8(19)12-14-11-7-6-9-4-2-3-5-10(9)13(11)15(17(21)22)18(14)16(12)20/h2-5,8,11-12,14,19H,6-7H2,1H3,(H,21,22)/t8-,11-,12-,14-/m1/s1. The van der Waals surface area contributed by atoms with Gasteiger partial charge in [-0.05, 0) is 36.5 Å². The largest absolute Gasteiger partial charge is 0.477 e. The van der Waals surface area contributed by atoms with Crippen LogP contribution >= 0.6 is 0 Å². The first kappa shape index (κ1) is 13.5. The van der Waals surface area contributed by atoms with Crippen molar-refractivity contribution in [2.75, 3.05) is 0 Å². The van der Waals surface area contributed by atoms with E-state index in [0.29, 0.717) is 0 Å². The van der Waals surface area contributed by atoms with Gasteiger partial charge in [-0.2, -0.15) is 0 Å². The van der Waals surface area contributed by atoms with Gasteiger partial charge >= 0.3 is 5.97 Å². The van der Waals surface area contributed by atoms with Crippen LogP contribution in [0.2, 0.25) is 0 Å². The molecule has 0 saturated carbocycles. The molecule has 5 heteroatoms. The van der Waals surface area contributed by atoms with Gasteiger partial charge in [0.25, 0.3) is 0 Å². The SMILES string of the molecule is C[C@@H](O)[C@H]1C(=O)N2C(C(=O)O)=C3c4ccccc4CC[C@H]3[C@H]12. The number of nitrogens with zero attached hydrogens (tertiary/aromatic N) is 1. The van der Waals surface area contributed by atoms with E-state index in [1.165, 1.54) is 4.90 Å². The highest BCUT2D eigenvalue weighted by Crippen LogP contribution is 2.54. The lowest BCUT2D eigenvalue weighted by molar-refractivity contribution is -0.163. The fourth-order valence-corrected chi connectivity index (χ4v) is 4.36. The Bertz CT molecular complexity index is 721. The number of rotatable bonds is 2. The van der Waals surface area contributed by atoms with E-state index >= 15 is 0 Å². The quantitative estimate of drug-likeness (QED) is 0.806. The lowest BCUT2D eigenvalue weighted by Crippen LogP contribution is -2.64. The van der Waals surface area contributed by atoms with Crippen molar-refractivity contribution in [3.8, 4) is 0 Å². The molecule has 1 fully saturated rings. The Labute approximate surface area is 127 Å². The topological polar surface area (TPSA) is 77.8 Å². The molecule has 5 nitrogen and oxygen atoms in total. The molecule has 1 aromatic carbocycles. The first-order valence-corrected chi connectivity index (χ1v) is 7.59. The molecule has 0 aromatic heterocycles. The fraction of sp³-hybridized carbons (Fsp3) is 0.412. The number of aliphatic hydroxyl groups is 1. The van der Waals surface area contributed by atoms with Crippen LogP contribution in [0.5, 0.6) is 0 Å². The van der Waals surface area contributed by atoms with Gasteiger partial charge in [0.2, 0.25) is 5.91 Å². The van der Waals surface area contributed by atoms with Gasteiger partial charge in [0, 0.05) is 5.92 Å². The highest BCUT2D eigenvalue weighted by atomic mass is 16.4. The molecule has 0 spiro atoms. The minimum atomic E-state index is -1.06. The molecule has 1 saturated heterocycles. The van der Waals surface area contributed by atoms with Crippen molar-refractivity contribution in [3.05, 3.63) is 41.1 Å². The van der Waals surface area contributed by atoms with Gasteiger partial charge in [0.1, 0.15) is 5.70 Å². The van der Waals surface area contributed by atoms with Crippen LogP contribution in [0.25, 0.3) is 5.57 Å². The number of carboxylic acids is 1. The van der Waals surface area contributed by atoms with Crippen molar-refractivity contribution < 1.29 is 19.8 Å². The molecule has 2 N–H and O–H groups in total. The number of aliphatic hydroxyl groups excluding tert-OH is 1. The molecule has 2 heterocycles. The molecule has 4 rings (SSSR count). The number of carbonyl (C=O) groups is 2. The Balaban J connectivity index is 1.89. The Hall–Kier alpha value is -2.14. The minimum Gasteiger partial charge on any atom is -0.477 e. The molecule has 1 aromatic rings. The van der Waals surface area contributed by atoms with Crippen LogP contribution in [0.1, 0.15) is 24.5 Å². The molecule has 0 bridgehead atoms. The normalized spacial score (nSPS) is 30.4. The fourth-order valence-electron chi connectivity index (χ4n) is 4.36. The molecule has 1 aliphatic carbocycles. The van der Waals surface area contributed by atoms with Crippen molar-refractivity contribution in [2.24, 2.45) is 11.8 Å². The minimum absolute atomic E-state index is 0.0123. The van der Waals surface area contributed by atoms with Crippen LogP contribution in [0, 0.1) is 11.8 Å². The number of amides is 1. The molecule has 114 valence electrons. The van der Waals surface area contributed by atoms with Crippen molar-refractivity contribution >= 4 is 17.4 Å². The van der Waals surface area contributed by atoms with E-state index < -0.39 is 18.0 Å². The molecular weight excluding hydrogens is 282 g/mol. The Morgan fingerprint density at radius 2 is 2.09 bits per heavy atom. The van der Waals surface area contributed by atoms with Crippen molar-refractivity contribution in [1.82, 2.24) is 4.90 Å². The third-order valence-electron chi connectivity index (χ3n) is 5.22. The summed E-state index contributed by atoms with van der Waals surface area (Å²) in [7, 11) is 0. The third-order valence-corrected chi connectivity index (χ3v) is 5.22. The highest BCUT2D eigenvalue weighted by molar-refractivity contribution is 6.07. The van der Waals surface area contributed by atoms with Gasteiger partial charge in [-0.25, -0.2) is 4.79 Å². The van der Waals surface area contributed by atoms with Gasteiger partial charge in [-0.15, -0.1) is 0 Å². The van der Waals surface area contributed by atoms with Gasteiger partial charge in [-0.1, -0.05) is 24.3 Å². The van der Waals surface area contributed by atoms with Crippen LogP contribution in [-0.4, -0.2) is 39.1 Å². The first-order chi connectivity index (χ1) is 10.5. The maximum absolute atomic E-state index is 12.3. The van der Waals surface area contributed by atoms with Crippen molar-refractivity contribution in [2.45, 2.75) is 31.9 Å². The molecule has 22 heavy (non-hydrogen) atoms. The molecule has 0 unspecified atom stereocenters. The van der Waals surface area contributed by atoms with Gasteiger partial charge in [0.05, 0.1) is 18.1 Å². The lowest BCUT2D eigenvalue weighted by atomic mass is 9.71. The number of hydrogen-bond acceptors (Lipinski definition) is 3. The number of carboxylic acid groups (broad SMARTS) is 1. The van der Waals surface area contributed by atoms with E-state index in [1.54, 1.807) is 6.92 Å². The second kappa shape index (κ2) is 4.43. The van der Waals surface area contributed by atoms with Gasteiger partial charge in [-0.3, -0.25) is 4.79 Å². The van der Waals surface area contributed by atoms with Crippen LogP contribution in [0.4, 0.5) is 0 Å². The van der Waals surface area contributed by atoms with Crippen molar-refractivity contribution in [1.29, 1.82) is 0 Å². The summed E-state index contributed by atoms with van der Waals surface area (Å²) < 4.78 is 0. The zero-order chi connectivity index (χ0) is 15.6. The Morgan fingerprint density at radius 3 is 2.77 bits per heavy atom. The number of aliphatic carboxylic acids is 1. The molecule has 2 aliphatic heterocycles. The average molecular weight is 299 g/mol. The summed E-state index contributed by atoms with van der Waals surface area (Å²) in [6.45, 7) is 1.61. The van der Waals surface area contributed by atoms with E-state index in [4.69, 9.17) is 0 Å². The van der Waals surface area contributed by atoms with E-state index in [0.717, 1.165) is 29.5 Å². The van der Waals surface area contributed by atoms with Gasteiger partial charge in [0.15, 0.2) is 0 Å². The molecule has 1 amide bonds. The molecular formula is C17H17NO4. The monoisotopic (exact) mass is 299 g/mol. The number of fused-ring (bicyclic) bond motifs is 5. The summed E-state index contributed by atoms with van der Waals surface area (Å²) in [5.74, 6) is -1.80. The zero-order valence-corrected chi connectivity index (χ0v) is 12.2. The predicted octanol–water partition coefficient (Wildman–Crippen LogP) is 1.27. The second-order valence-corrected chi connectivity index (χ2v) is 6.33. The third kappa shape index (κ3) is 1.52. The number of β-lactam (4-membered cyclic amide) rings is 1. The maximum atomic E-state index is 12.3. The molecule has 3 aliphatic rings. The molecule has 4 atom stereocenters. The summed E-state index contributed by atoms with van der Waals surface area (Å²) in [4.78, 5) is 25.5. The van der Waals surface area contributed by atoms with Gasteiger partial charge < -0.3 is 15.1 Å². The second-order valence-electron chi connectivity index (χ2n) is 6.33. The van der Waals surface area contributed by atoms with Crippen molar-refractivity contribution in [3.63, 3.8) is 0 Å². The van der Waals surface area contributed by atoms with Crippen LogP contribution in [0.3, 0.4) is 0 Å². The van der Waals surface area contributed by atoms with E-state index in [-0.39, 0.29) is 23.6 Å². The summed E-state index contributed by atoms with van der Waals surface area (Å²) >= 11 is 0. The predicted molar refractivity (Wildman–Crippen MR) is 78.6 cm³/mol. The maximum Gasteiger partial charge on any atom is 0.352 e. The number of aryl methyl sites for hydroxylation is 1. The van der Waals surface area contributed by atoms with E-state index in [9.17, 15) is 19.8 Å². The zero-order valence-electron chi connectivity index (χ0n) is 12.2. The highest BCUT2D eigenvalue weighted by Gasteiger charge is 2.61. The van der Waals surface area contributed by atoms with Crippen LogP contribution in [0.15, 0.2) is 30.0 Å². The smallest absolute Gasteiger partial charge is 0.352 e. The van der Waals surface area contributed by atoms with E-state index in [2.05, 4.69) is 0 Å². The number of carbonyl (C=O) groups excluding carboxylic acids is 1. The Kier molecular flexibility index (Phi) is 2.72. The summed E-state index contributed by atoms with van der Waals surface area (Å²) in [5, 5.41) is 19.5.